The van der Waals surface area contributed by atoms with Crippen molar-refractivity contribution in [3.63, 3.8) is 0 Å². The molecular weight excluding hydrogens is 318 g/mol. The van der Waals surface area contributed by atoms with Crippen LogP contribution in [0.25, 0.3) is 5.69 Å². The summed E-state index contributed by atoms with van der Waals surface area (Å²) in [5, 5.41) is 3.41. The lowest BCUT2D eigenvalue weighted by atomic mass is 9.95. The number of aromatic nitrogens is 2. The van der Waals surface area contributed by atoms with Gasteiger partial charge in [-0.1, -0.05) is 0 Å². The van der Waals surface area contributed by atoms with E-state index in [-0.39, 0.29) is 0 Å². The third kappa shape index (κ3) is 2.60. The summed E-state index contributed by atoms with van der Waals surface area (Å²) in [5.41, 5.74) is 2.38. The number of ether oxygens (including phenoxy) is 1. The molecule has 1 N–H and O–H groups in total. The van der Waals surface area contributed by atoms with Crippen molar-refractivity contribution >= 4 is 15.9 Å². The van der Waals surface area contributed by atoms with Gasteiger partial charge in [0.2, 0.25) is 0 Å². The normalized spacial score (nSPS) is 16.3. The Morgan fingerprint density at radius 2 is 2.15 bits per heavy atom. The average Bonchev–Trinajstić information content (AvgIpc) is 2.98. The second kappa shape index (κ2) is 5.97. The van der Waals surface area contributed by atoms with E-state index in [2.05, 4.69) is 36.9 Å². The van der Waals surface area contributed by atoms with Gasteiger partial charge in [0.15, 0.2) is 0 Å². The van der Waals surface area contributed by atoms with Gasteiger partial charge in [-0.3, -0.25) is 0 Å². The number of hydrogen-bond acceptors (Lipinski definition) is 3. The lowest BCUT2D eigenvalue weighted by Gasteiger charge is -2.23. The van der Waals surface area contributed by atoms with Crippen LogP contribution in [0, 0.1) is 0 Å². The Morgan fingerprint density at radius 1 is 1.35 bits per heavy atom. The van der Waals surface area contributed by atoms with Gasteiger partial charge in [-0.15, -0.1) is 0 Å². The zero-order valence-electron chi connectivity index (χ0n) is 11.5. The molecule has 106 valence electrons. The van der Waals surface area contributed by atoms with Crippen LogP contribution in [-0.4, -0.2) is 29.8 Å². The second-order valence-corrected chi connectivity index (χ2v) is 5.89. The van der Waals surface area contributed by atoms with E-state index in [1.165, 1.54) is 18.5 Å². The highest BCUT2D eigenvalue weighted by atomic mass is 79.9. The number of imidazole rings is 1. The van der Waals surface area contributed by atoms with Gasteiger partial charge in [0.05, 0.1) is 23.6 Å². The van der Waals surface area contributed by atoms with Crippen LogP contribution in [0.15, 0.2) is 35.2 Å². The predicted molar refractivity (Wildman–Crippen MR) is 82.7 cm³/mol. The smallest absolute Gasteiger partial charge is 0.135 e. The number of methoxy groups -OCH3 is 1. The minimum absolute atomic E-state index is 0.577. The molecule has 0 atom stereocenters. The molecule has 0 amide bonds. The molecule has 1 saturated heterocycles. The Labute approximate surface area is 127 Å². The minimum Gasteiger partial charge on any atom is -0.495 e. The topological polar surface area (TPSA) is 39.1 Å². The van der Waals surface area contributed by atoms with E-state index in [1.807, 2.05) is 24.7 Å². The first-order valence-electron chi connectivity index (χ1n) is 6.86. The first kappa shape index (κ1) is 13.6. The summed E-state index contributed by atoms with van der Waals surface area (Å²) in [4.78, 5) is 4.34. The van der Waals surface area contributed by atoms with Gasteiger partial charge in [-0.25, -0.2) is 4.98 Å². The molecule has 0 bridgehead atoms. The van der Waals surface area contributed by atoms with Crippen molar-refractivity contribution < 1.29 is 4.74 Å². The van der Waals surface area contributed by atoms with Crippen molar-refractivity contribution in [2.24, 2.45) is 0 Å². The lowest BCUT2D eigenvalue weighted by Crippen LogP contribution is -2.27. The number of halogens is 1. The molecule has 0 unspecified atom stereocenters. The maximum absolute atomic E-state index is 5.38. The summed E-state index contributed by atoms with van der Waals surface area (Å²) < 4.78 is 8.52. The van der Waals surface area contributed by atoms with Crippen molar-refractivity contribution in [1.29, 1.82) is 0 Å². The summed E-state index contributed by atoms with van der Waals surface area (Å²) >= 11 is 3.49. The van der Waals surface area contributed by atoms with Crippen LogP contribution >= 0.6 is 15.9 Å². The zero-order chi connectivity index (χ0) is 13.9. The van der Waals surface area contributed by atoms with Gasteiger partial charge in [-0.2, -0.15) is 0 Å². The molecule has 0 spiro atoms. The van der Waals surface area contributed by atoms with E-state index in [4.69, 9.17) is 4.74 Å². The molecule has 0 radical (unpaired) electrons. The van der Waals surface area contributed by atoms with Gasteiger partial charge in [0, 0.05) is 23.9 Å². The highest BCUT2D eigenvalue weighted by Crippen LogP contribution is 2.31. The van der Waals surface area contributed by atoms with Crippen LogP contribution in [0.4, 0.5) is 0 Å². The standard InChI is InChI=1S/C15H18BrN3O/c1-20-15-8-12(2-3-13(15)16)19-10-18-9-14(19)11-4-6-17-7-5-11/h2-3,8-11,17H,4-7H2,1H3. The molecule has 20 heavy (non-hydrogen) atoms. The summed E-state index contributed by atoms with van der Waals surface area (Å²) in [5.74, 6) is 1.42. The third-order valence-corrected chi connectivity index (χ3v) is 4.49. The molecule has 5 heteroatoms. The molecule has 4 nitrogen and oxygen atoms in total. The molecule has 1 aliphatic rings. The molecule has 3 rings (SSSR count). The molecule has 2 aromatic rings. The lowest BCUT2D eigenvalue weighted by molar-refractivity contribution is 0.411. The fourth-order valence-corrected chi connectivity index (χ4v) is 3.15. The largest absolute Gasteiger partial charge is 0.495 e. The average molecular weight is 336 g/mol. The molecule has 1 aromatic carbocycles. The summed E-state index contributed by atoms with van der Waals surface area (Å²) in [6.07, 6.45) is 6.21. The Kier molecular flexibility index (Phi) is 4.08. The summed E-state index contributed by atoms with van der Waals surface area (Å²) in [6, 6.07) is 6.13. The molecular formula is C15H18BrN3O. The van der Waals surface area contributed by atoms with Crippen molar-refractivity contribution in [3.05, 3.63) is 40.9 Å². The number of benzene rings is 1. The molecule has 1 aromatic heterocycles. The van der Waals surface area contributed by atoms with Crippen molar-refractivity contribution in [3.8, 4) is 11.4 Å². The number of nitrogens with one attached hydrogen (secondary N) is 1. The molecule has 1 fully saturated rings. The van der Waals surface area contributed by atoms with Crippen LogP contribution in [0.3, 0.4) is 0 Å². The predicted octanol–water partition coefficient (Wildman–Crippen LogP) is 3.11. The van der Waals surface area contributed by atoms with Gasteiger partial charge in [-0.05, 0) is 54.0 Å². The van der Waals surface area contributed by atoms with Crippen LogP contribution < -0.4 is 10.1 Å². The number of rotatable bonds is 3. The summed E-state index contributed by atoms with van der Waals surface area (Å²) in [6.45, 7) is 2.17. The zero-order valence-corrected chi connectivity index (χ0v) is 13.1. The second-order valence-electron chi connectivity index (χ2n) is 5.03. The maximum Gasteiger partial charge on any atom is 0.135 e. The third-order valence-electron chi connectivity index (χ3n) is 3.84. The Morgan fingerprint density at radius 3 is 2.90 bits per heavy atom. The van der Waals surface area contributed by atoms with Crippen molar-refractivity contribution in [2.45, 2.75) is 18.8 Å². The molecule has 0 saturated carbocycles. The summed E-state index contributed by atoms with van der Waals surface area (Å²) in [7, 11) is 1.69. The van der Waals surface area contributed by atoms with E-state index in [1.54, 1.807) is 7.11 Å². The Balaban J connectivity index is 1.96. The first-order valence-corrected chi connectivity index (χ1v) is 7.66. The Bertz CT molecular complexity index is 591. The van der Waals surface area contributed by atoms with E-state index >= 15 is 0 Å². The number of nitrogens with zero attached hydrogens (tertiary/aromatic N) is 2. The van der Waals surface area contributed by atoms with E-state index in [0.29, 0.717) is 5.92 Å². The maximum atomic E-state index is 5.38. The molecule has 0 aliphatic carbocycles. The van der Waals surface area contributed by atoms with E-state index in [0.717, 1.165) is 29.0 Å². The fourth-order valence-electron chi connectivity index (χ4n) is 2.74. The van der Waals surface area contributed by atoms with Crippen LogP contribution in [0.2, 0.25) is 0 Å². The van der Waals surface area contributed by atoms with Gasteiger partial charge in [0.1, 0.15) is 5.75 Å². The van der Waals surface area contributed by atoms with Gasteiger partial charge >= 0.3 is 0 Å². The quantitative estimate of drug-likeness (QED) is 0.936. The number of hydrogen-bond donors (Lipinski definition) is 1. The Hall–Kier alpha value is -1.33. The minimum atomic E-state index is 0.577. The van der Waals surface area contributed by atoms with Crippen LogP contribution in [0.5, 0.6) is 5.75 Å². The highest BCUT2D eigenvalue weighted by Gasteiger charge is 2.19. The molecule has 2 heterocycles. The fraction of sp³-hybridized carbons (Fsp3) is 0.400. The van der Waals surface area contributed by atoms with Crippen LogP contribution in [0.1, 0.15) is 24.5 Å². The SMILES string of the molecule is COc1cc(-n2cncc2C2CCNCC2)ccc1Br. The van der Waals surface area contributed by atoms with Gasteiger partial charge in [0.25, 0.3) is 0 Å². The molecule has 1 aliphatic heterocycles. The van der Waals surface area contributed by atoms with Crippen LogP contribution in [-0.2, 0) is 0 Å². The van der Waals surface area contributed by atoms with Crippen molar-refractivity contribution in [1.82, 2.24) is 14.9 Å². The first-order chi connectivity index (χ1) is 9.79. The van der Waals surface area contributed by atoms with E-state index in [9.17, 15) is 0 Å². The highest BCUT2D eigenvalue weighted by molar-refractivity contribution is 9.10. The number of piperidine rings is 1. The van der Waals surface area contributed by atoms with E-state index < -0.39 is 0 Å². The van der Waals surface area contributed by atoms with Gasteiger partial charge < -0.3 is 14.6 Å². The monoisotopic (exact) mass is 335 g/mol. The van der Waals surface area contributed by atoms with Crippen molar-refractivity contribution in [2.75, 3.05) is 20.2 Å².